The molecule has 0 radical (unpaired) electrons. The normalized spacial score (nSPS) is 19.2. The van der Waals surface area contributed by atoms with Gasteiger partial charge in [-0.25, -0.2) is 4.39 Å². The fourth-order valence-electron chi connectivity index (χ4n) is 3.00. The van der Waals surface area contributed by atoms with Crippen LogP contribution in [0.2, 0.25) is 0 Å². The fourth-order valence-corrected chi connectivity index (χ4v) is 3.27. The molecule has 5 nitrogen and oxygen atoms in total. The Hall–Kier alpha value is -2.51. The lowest BCUT2D eigenvalue weighted by molar-refractivity contribution is -0.140. The first kappa shape index (κ1) is 18.3. The van der Waals surface area contributed by atoms with E-state index in [1.54, 1.807) is 30.3 Å². The highest BCUT2D eigenvalue weighted by molar-refractivity contribution is 9.10. The van der Waals surface area contributed by atoms with Gasteiger partial charge in [0, 0.05) is 16.6 Å². The summed E-state index contributed by atoms with van der Waals surface area (Å²) in [6.45, 7) is -0.472. The third kappa shape index (κ3) is 3.27. The Morgan fingerprint density at radius 1 is 1.15 bits per heavy atom. The van der Waals surface area contributed by atoms with Crippen molar-refractivity contribution in [3.05, 3.63) is 75.5 Å². The number of amides is 1. The van der Waals surface area contributed by atoms with Crippen molar-refractivity contribution in [2.75, 3.05) is 13.2 Å². The van der Waals surface area contributed by atoms with Gasteiger partial charge in [-0.15, -0.1) is 0 Å². The van der Waals surface area contributed by atoms with Gasteiger partial charge in [0.05, 0.1) is 18.2 Å². The molecule has 0 aromatic heterocycles. The summed E-state index contributed by atoms with van der Waals surface area (Å²) < 4.78 is 14.5. The number of aliphatic hydroxyl groups is 2. The summed E-state index contributed by atoms with van der Waals surface area (Å²) in [4.78, 5) is 26.1. The van der Waals surface area contributed by atoms with E-state index >= 15 is 0 Å². The maximum Gasteiger partial charge on any atom is 0.295 e. The van der Waals surface area contributed by atoms with Gasteiger partial charge < -0.3 is 15.1 Å². The molecule has 3 rings (SSSR count). The van der Waals surface area contributed by atoms with E-state index in [2.05, 4.69) is 15.9 Å². The van der Waals surface area contributed by atoms with Crippen molar-refractivity contribution in [1.29, 1.82) is 0 Å². The first-order valence-corrected chi connectivity index (χ1v) is 8.64. The summed E-state index contributed by atoms with van der Waals surface area (Å²) in [6, 6.07) is 11.1. The molecule has 26 heavy (non-hydrogen) atoms. The molecule has 1 fully saturated rings. The average Bonchev–Trinajstić information content (AvgIpc) is 2.87. The van der Waals surface area contributed by atoms with Gasteiger partial charge in [-0.3, -0.25) is 9.59 Å². The maximum absolute atomic E-state index is 13.7. The summed E-state index contributed by atoms with van der Waals surface area (Å²) in [6.07, 6.45) is 0. The molecule has 1 atom stereocenters. The molecule has 0 aliphatic carbocycles. The number of carbonyl (C=O) groups excluding carboxylic acids is 2. The van der Waals surface area contributed by atoms with E-state index in [4.69, 9.17) is 0 Å². The molecule has 1 amide bonds. The predicted octanol–water partition coefficient (Wildman–Crippen LogP) is 3.00. The number of benzene rings is 2. The van der Waals surface area contributed by atoms with E-state index in [1.165, 1.54) is 18.2 Å². The number of rotatable bonds is 4. The van der Waals surface area contributed by atoms with Crippen molar-refractivity contribution >= 4 is 33.4 Å². The summed E-state index contributed by atoms with van der Waals surface area (Å²) in [7, 11) is 0. The second-order valence-corrected chi connectivity index (χ2v) is 6.69. The number of likely N-dealkylation sites (tertiary alicyclic amines) is 1. The Labute approximate surface area is 157 Å². The standard InChI is InChI=1S/C19H15BrFNO4/c20-13-6-4-11(5-7-13)17(24)15-16(12-2-1-3-14(21)10-12)22(8-9-23)19(26)18(15)25/h1-7,10,16,23-24H,8-9H2/b17-15-. The molecule has 1 unspecified atom stereocenters. The zero-order valence-electron chi connectivity index (χ0n) is 13.5. The van der Waals surface area contributed by atoms with Crippen LogP contribution in [-0.4, -0.2) is 40.0 Å². The maximum atomic E-state index is 13.7. The van der Waals surface area contributed by atoms with Crippen LogP contribution in [-0.2, 0) is 9.59 Å². The van der Waals surface area contributed by atoms with Crippen molar-refractivity contribution in [3.63, 3.8) is 0 Å². The Morgan fingerprint density at radius 2 is 1.85 bits per heavy atom. The molecule has 1 saturated heterocycles. The van der Waals surface area contributed by atoms with Crippen LogP contribution in [0.15, 0.2) is 58.6 Å². The van der Waals surface area contributed by atoms with Crippen molar-refractivity contribution in [2.45, 2.75) is 6.04 Å². The topological polar surface area (TPSA) is 77.8 Å². The summed E-state index contributed by atoms with van der Waals surface area (Å²) in [5, 5.41) is 20.0. The van der Waals surface area contributed by atoms with E-state index in [0.717, 1.165) is 9.37 Å². The predicted molar refractivity (Wildman–Crippen MR) is 96.6 cm³/mol. The number of ketones is 1. The number of halogens is 2. The van der Waals surface area contributed by atoms with E-state index in [9.17, 15) is 24.2 Å². The first-order valence-electron chi connectivity index (χ1n) is 7.84. The summed E-state index contributed by atoms with van der Waals surface area (Å²) in [5.41, 5.74) is 0.573. The molecule has 134 valence electrons. The lowest BCUT2D eigenvalue weighted by atomic mass is 9.95. The van der Waals surface area contributed by atoms with E-state index in [1.807, 2.05) is 0 Å². The van der Waals surface area contributed by atoms with Crippen LogP contribution in [0.25, 0.3) is 5.76 Å². The van der Waals surface area contributed by atoms with Gasteiger partial charge in [0.1, 0.15) is 11.6 Å². The largest absolute Gasteiger partial charge is 0.507 e. The molecule has 2 N–H and O–H groups in total. The molecule has 1 aliphatic heterocycles. The number of hydrogen-bond donors (Lipinski definition) is 2. The van der Waals surface area contributed by atoms with Crippen LogP contribution in [0, 0.1) is 5.82 Å². The van der Waals surface area contributed by atoms with Crippen molar-refractivity contribution in [2.24, 2.45) is 0 Å². The van der Waals surface area contributed by atoms with Gasteiger partial charge in [-0.1, -0.05) is 40.2 Å². The van der Waals surface area contributed by atoms with E-state index < -0.39 is 23.5 Å². The van der Waals surface area contributed by atoms with Crippen LogP contribution in [0.3, 0.4) is 0 Å². The highest BCUT2D eigenvalue weighted by Gasteiger charge is 2.45. The molecule has 0 spiro atoms. The van der Waals surface area contributed by atoms with Crippen LogP contribution >= 0.6 is 15.9 Å². The Balaban J connectivity index is 2.19. The second kappa shape index (κ2) is 7.39. The molecular weight excluding hydrogens is 405 g/mol. The lowest BCUT2D eigenvalue weighted by Crippen LogP contribution is -2.32. The zero-order valence-corrected chi connectivity index (χ0v) is 15.1. The molecule has 7 heteroatoms. The van der Waals surface area contributed by atoms with Gasteiger partial charge in [-0.05, 0) is 29.8 Å². The Bertz CT molecular complexity index is 895. The number of aliphatic hydroxyl groups excluding tert-OH is 2. The van der Waals surface area contributed by atoms with E-state index in [0.29, 0.717) is 11.1 Å². The lowest BCUT2D eigenvalue weighted by Gasteiger charge is -2.24. The minimum atomic E-state index is -0.971. The number of Topliss-reactive ketones (excluding diaryl/α,β-unsaturated/α-hetero) is 1. The van der Waals surface area contributed by atoms with Crippen LogP contribution in [0.5, 0.6) is 0 Å². The van der Waals surface area contributed by atoms with E-state index in [-0.39, 0.29) is 24.5 Å². The third-order valence-electron chi connectivity index (χ3n) is 4.16. The fraction of sp³-hybridized carbons (Fsp3) is 0.158. The SMILES string of the molecule is O=C1C(=O)N(CCO)C(c2cccc(F)c2)/C1=C(/O)c1ccc(Br)cc1. The monoisotopic (exact) mass is 419 g/mol. The Morgan fingerprint density at radius 3 is 2.46 bits per heavy atom. The Kier molecular flexibility index (Phi) is 5.20. The number of β-amino-alcohol motifs (C(OH)–C–C–N with tert-alkyl or cyclic N) is 1. The molecule has 2 aromatic rings. The minimum Gasteiger partial charge on any atom is -0.507 e. The molecule has 0 bridgehead atoms. The third-order valence-corrected chi connectivity index (χ3v) is 4.69. The number of carbonyl (C=O) groups is 2. The number of hydrogen-bond acceptors (Lipinski definition) is 4. The van der Waals surface area contributed by atoms with Gasteiger partial charge in [0.25, 0.3) is 11.7 Å². The smallest absolute Gasteiger partial charge is 0.295 e. The highest BCUT2D eigenvalue weighted by Crippen LogP contribution is 2.39. The van der Waals surface area contributed by atoms with Crippen LogP contribution in [0.4, 0.5) is 4.39 Å². The molecule has 1 aliphatic rings. The van der Waals surface area contributed by atoms with Crippen LogP contribution < -0.4 is 0 Å². The average molecular weight is 420 g/mol. The van der Waals surface area contributed by atoms with Crippen molar-refractivity contribution in [3.8, 4) is 0 Å². The van der Waals surface area contributed by atoms with Gasteiger partial charge in [0.15, 0.2) is 0 Å². The van der Waals surface area contributed by atoms with Crippen molar-refractivity contribution < 1.29 is 24.2 Å². The molecular formula is C19H15BrFNO4. The van der Waals surface area contributed by atoms with Gasteiger partial charge >= 0.3 is 0 Å². The molecule has 0 saturated carbocycles. The van der Waals surface area contributed by atoms with Gasteiger partial charge in [0.2, 0.25) is 0 Å². The van der Waals surface area contributed by atoms with Crippen LogP contribution in [0.1, 0.15) is 17.2 Å². The summed E-state index contributed by atoms with van der Waals surface area (Å²) in [5.74, 6) is -2.58. The minimum absolute atomic E-state index is 0.108. The highest BCUT2D eigenvalue weighted by atomic mass is 79.9. The first-order chi connectivity index (χ1) is 12.4. The zero-order chi connectivity index (χ0) is 18.8. The summed E-state index contributed by atoms with van der Waals surface area (Å²) >= 11 is 3.29. The quantitative estimate of drug-likeness (QED) is 0.453. The van der Waals surface area contributed by atoms with Gasteiger partial charge in [-0.2, -0.15) is 0 Å². The molecule has 2 aromatic carbocycles. The second-order valence-electron chi connectivity index (χ2n) is 5.78. The van der Waals surface area contributed by atoms with Crippen molar-refractivity contribution in [1.82, 2.24) is 4.90 Å². The number of nitrogens with zero attached hydrogens (tertiary/aromatic N) is 1. The molecule has 1 heterocycles.